The molecular formula is C12H14N4O3. The summed E-state index contributed by atoms with van der Waals surface area (Å²) in [4.78, 5) is 14.3. The van der Waals surface area contributed by atoms with E-state index >= 15 is 0 Å². The fraction of sp³-hybridized carbons (Fsp3) is 0.333. The van der Waals surface area contributed by atoms with E-state index in [2.05, 4.69) is 10.1 Å². The fourth-order valence-corrected chi connectivity index (χ4v) is 1.65. The summed E-state index contributed by atoms with van der Waals surface area (Å²) in [6, 6.07) is 4.93. The molecule has 0 saturated heterocycles. The molecule has 2 rings (SSSR count). The Morgan fingerprint density at radius 3 is 3.00 bits per heavy atom. The van der Waals surface area contributed by atoms with Crippen molar-refractivity contribution >= 4 is 5.69 Å². The van der Waals surface area contributed by atoms with Gasteiger partial charge >= 0.3 is 5.69 Å². The Labute approximate surface area is 110 Å². The number of rotatable bonds is 6. The number of hydrogen-bond acceptors (Lipinski definition) is 5. The lowest BCUT2D eigenvalue weighted by atomic mass is 10.2. The topological polar surface area (TPSA) is 83.1 Å². The summed E-state index contributed by atoms with van der Waals surface area (Å²) in [7, 11) is 0. The highest BCUT2D eigenvalue weighted by atomic mass is 16.6. The fourth-order valence-electron chi connectivity index (χ4n) is 1.65. The molecule has 0 atom stereocenters. The highest BCUT2D eigenvalue weighted by Crippen LogP contribution is 2.27. The van der Waals surface area contributed by atoms with Crippen molar-refractivity contribution in [3.63, 3.8) is 0 Å². The summed E-state index contributed by atoms with van der Waals surface area (Å²) in [5.74, 6) is 0.300. The number of nitro groups is 1. The minimum Gasteiger partial charge on any atom is -0.487 e. The largest absolute Gasteiger partial charge is 0.487 e. The molecule has 0 aliphatic rings. The lowest BCUT2D eigenvalue weighted by Crippen LogP contribution is -2.06. The molecule has 0 aliphatic heterocycles. The standard InChI is InChI=1S/C12H14N4O3/c1-10-3-4-12(11(7-10)16(17)18)19-6-2-5-15-9-13-8-14-15/h3-4,7-9H,2,5-6H2,1H3. The molecule has 7 heteroatoms. The van der Waals surface area contributed by atoms with Gasteiger partial charge in [-0.1, -0.05) is 6.07 Å². The lowest BCUT2D eigenvalue weighted by molar-refractivity contribution is -0.385. The predicted octanol–water partition coefficient (Wildman–Crippen LogP) is 1.96. The normalized spacial score (nSPS) is 10.4. The zero-order valence-corrected chi connectivity index (χ0v) is 10.5. The maximum Gasteiger partial charge on any atom is 0.311 e. The number of nitrogens with zero attached hydrogens (tertiary/aromatic N) is 4. The molecular weight excluding hydrogens is 248 g/mol. The summed E-state index contributed by atoms with van der Waals surface area (Å²) in [5, 5.41) is 14.9. The van der Waals surface area contributed by atoms with Gasteiger partial charge in [0.15, 0.2) is 5.75 Å². The maximum absolute atomic E-state index is 10.9. The third kappa shape index (κ3) is 3.51. The Kier molecular flexibility index (Phi) is 4.07. The van der Waals surface area contributed by atoms with E-state index in [-0.39, 0.29) is 5.69 Å². The summed E-state index contributed by atoms with van der Waals surface area (Å²) in [6.07, 6.45) is 3.79. The van der Waals surface area contributed by atoms with Crippen LogP contribution < -0.4 is 4.74 Å². The van der Waals surface area contributed by atoms with E-state index in [0.29, 0.717) is 25.3 Å². The van der Waals surface area contributed by atoms with E-state index in [1.54, 1.807) is 23.1 Å². The molecule has 2 aromatic rings. The first kappa shape index (κ1) is 13.0. The van der Waals surface area contributed by atoms with Gasteiger partial charge in [0.1, 0.15) is 12.7 Å². The Morgan fingerprint density at radius 1 is 1.47 bits per heavy atom. The van der Waals surface area contributed by atoms with E-state index in [1.807, 2.05) is 6.92 Å². The second-order valence-corrected chi connectivity index (χ2v) is 4.09. The Balaban J connectivity index is 1.90. The molecule has 0 aliphatic carbocycles. The van der Waals surface area contributed by atoms with E-state index in [0.717, 1.165) is 5.56 Å². The van der Waals surface area contributed by atoms with Gasteiger partial charge in [0.2, 0.25) is 0 Å². The minimum atomic E-state index is -0.431. The molecule has 0 spiro atoms. The highest BCUT2D eigenvalue weighted by Gasteiger charge is 2.14. The third-order valence-corrected chi connectivity index (χ3v) is 2.57. The van der Waals surface area contributed by atoms with Crippen LogP contribution in [0.5, 0.6) is 5.75 Å². The molecule has 0 bridgehead atoms. The van der Waals surface area contributed by atoms with Crippen LogP contribution >= 0.6 is 0 Å². The van der Waals surface area contributed by atoms with Gasteiger partial charge in [-0.2, -0.15) is 5.10 Å². The van der Waals surface area contributed by atoms with Crippen molar-refractivity contribution in [2.75, 3.05) is 6.61 Å². The Morgan fingerprint density at radius 2 is 2.32 bits per heavy atom. The van der Waals surface area contributed by atoms with Gasteiger partial charge in [-0.25, -0.2) is 4.98 Å². The molecule has 0 amide bonds. The second kappa shape index (κ2) is 5.94. The number of aromatic nitrogens is 3. The van der Waals surface area contributed by atoms with Crippen molar-refractivity contribution < 1.29 is 9.66 Å². The van der Waals surface area contributed by atoms with Gasteiger partial charge in [-0.3, -0.25) is 14.8 Å². The first-order valence-electron chi connectivity index (χ1n) is 5.87. The van der Waals surface area contributed by atoms with Gasteiger partial charge in [0, 0.05) is 19.0 Å². The monoisotopic (exact) mass is 262 g/mol. The molecule has 0 fully saturated rings. The maximum atomic E-state index is 10.9. The quantitative estimate of drug-likeness (QED) is 0.451. The summed E-state index contributed by atoms with van der Waals surface area (Å²) >= 11 is 0. The van der Waals surface area contributed by atoms with Crippen molar-refractivity contribution in [1.29, 1.82) is 0 Å². The van der Waals surface area contributed by atoms with Crippen LogP contribution in [0.1, 0.15) is 12.0 Å². The van der Waals surface area contributed by atoms with Crippen LogP contribution in [0.4, 0.5) is 5.69 Å². The number of hydrogen-bond donors (Lipinski definition) is 0. The first-order valence-corrected chi connectivity index (χ1v) is 5.87. The van der Waals surface area contributed by atoms with Crippen LogP contribution in [0.2, 0.25) is 0 Å². The van der Waals surface area contributed by atoms with Crippen molar-refractivity contribution in [2.24, 2.45) is 0 Å². The van der Waals surface area contributed by atoms with Gasteiger partial charge in [0.25, 0.3) is 0 Å². The number of nitro benzene ring substituents is 1. The van der Waals surface area contributed by atoms with E-state index in [4.69, 9.17) is 4.74 Å². The summed E-state index contributed by atoms with van der Waals surface area (Å²) < 4.78 is 7.14. The van der Waals surface area contributed by atoms with Crippen LogP contribution in [0, 0.1) is 17.0 Å². The van der Waals surface area contributed by atoms with Crippen LogP contribution in [0.15, 0.2) is 30.9 Å². The summed E-state index contributed by atoms with van der Waals surface area (Å²) in [6.45, 7) is 2.87. The van der Waals surface area contributed by atoms with E-state index < -0.39 is 4.92 Å². The second-order valence-electron chi connectivity index (χ2n) is 4.09. The average Bonchev–Trinajstić information content (AvgIpc) is 2.89. The lowest BCUT2D eigenvalue weighted by Gasteiger charge is -2.07. The van der Waals surface area contributed by atoms with Gasteiger partial charge in [-0.15, -0.1) is 0 Å². The van der Waals surface area contributed by atoms with E-state index in [9.17, 15) is 10.1 Å². The molecule has 1 heterocycles. The van der Waals surface area contributed by atoms with Gasteiger partial charge in [0.05, 0.1) is 11.5 Å². The predicted molar refractivity (Wildman–Crippen MR) is 68.0 cm³/mol. The van der Waals surface area contributed by atoms with Crippen LogP contribution in [-0.4, -0.2) is 26.3 Å². The minimum absolute atomic E-state index is 0.000700. The molecule has 1 aromatic carbocycles. The highest BCUT2D eigenvalue weighted by molar-refractivity contribution is 5.48. The number of aryl methyl sites for hydroxylation is 2. The Bertz CT molecular complexity index is 554. The SMILES string of the molecule is Cc1ccc(OCCCn2cncn2)c([N+](=O)[O-])c1. The Hall–Kier alpha value is -2.44. The van der Waals surface area contributed by atoms with Crippen molar-refractivity contribution in [1.82, 2.24) is 14.8 Å². The molecule has 19 heavy (non-hydrogen) atoms. The summed E-state index contributed by atoms with van der Waals surface area (Å²) in [5.41, 5.74) is 0.836. The van der Waals surface area contributed by atoms with Crippen molar-refractivity contribution in [3.8, 4) is 5.75 Å². The van der Waals surface area contributed by atoms with Crippen molar-refractivity contribution in [3.05, 3.63) is 46.5 Å². The molecule has 0 unspecified atom stereocenters. The van der Waals surface area contributed by atoms with Crippen LogP contribution in [0.3, 0.4) is 0 Å². The molecule has 0 saturated carbocycles. The van der Waals surface area contributed by atoms with E-state index in [1.165, 1.54) is 12.4 Å². The molecule has 7 nitrogen and oxygen atoms in total. The first-order chi connectivity index (χ1) is 9.16. The molecule has 0 radical (unpaired) electrons. The number of benzene rings is 1. The molecule has 1 aromatic heterocycles. The zero-order chi connectivity index (χ0) is 13.7. The van der Waals surface area contributed by atoms with Crippen LogP contribution in [0.25, 0.3) is 0 Å². The molecule has 0 N–H and O–H groups in total. The van der Waals surface area contributed by atoms with Gasteiger partial charge in [-0.05, 0) is 18.6 Å². The third-order valence-electron chi connectivity index (χ3n) is 2.57. The van der Waals surface area contributed by atoms with Crippen LogP contribution in [-0.2, 0) is 6.54 Å². The molecule has 100 valence electrons. The van der Waals surface area contributed by atoms with Crippen molar-refractivity contribution in [2.45, 2.75) is 19.9 Å². The zero-order valence-electron chi connectivity index (χ0n) is 10.5. The number of ether oxygens (including phenoxy) is 1. The average molecular weight is 262 g/mol. The smallest absolute Gasteiger partial charge is 0.311 e. The van der Waals surface area contributed by atoms with Gasteiger partial charge < -0.3 is 4.74 Å².